The topological polar surface area (TPSA) is 69.8 Å². The molecular formula is C9H16N4OS. The maximum Gasteiger partial charge on any atom is 0.314 e. The van der Waals surface area contributed by atoms with Gasteiger partial charge in [-0.1, -0.05) is 6.92 Å². The first-order valence-corrected chi connectivity index (χ1v) is 5.44. The number of hydrogen-bond acceptors (Lipinski definition) is 3. The van der Waals surface area contributed by atoms with Crippen LogP contribution in [0.25, 0.3) is 0 Å². The van der Waals surface area contributed by atoms with Gasteiger partial charge in [0.2, 0.25) is 0 Å². The van der Waals surface area contributed by atoms with Crippen LogP contribution in [0.4, 0.5) is 4.79 Å². The first-order valence-electron chi connectivity index (χ1n) is 4.93. The molecule has 1 aromatic heterocycles. The zero-order valence-electron chi connectivity index (χ0n) is 8.66. The highest BCUT2D eigenvalue weighted by Crippen LogP contribution is 2.13. The summed E-state index contributed by atoms with van der Waals surface area (Å²) in [5, 5.41) is 5.33. The quantitative estimate of drug-likeness (QED) is 0.570. The fraction of sp³-hybridized carbons (Fsp3) is 0.556. The number of carbonyl (C=O) groups is 1. The van der Waals surface area contributed by atoms with Crippen molar-refractivity contribution in [3.8, 4) is 0 Å². The molecule has 3 N–H and O–H groups in total. The van der Waals surface area contributed by atoms with Crippen molar-refractivity contribution in [3.63, 3.8) is 0 Å². The number of H-pyrrole nitrogens is 1. The van der Waals surface area contributed by atoms with Crippen LogP contribution in [0.5, 0.6) is 0 Å². The summed E-state index contributed by atoms with van der Waals surface area (Å²) in [5.41, 5.74) is 0. The minimum absolute atomic E-state index is 0.104. The molecular weight excluding hydrogens is 212 g/mol. The molecule has 6 heteroatoms. The van der Waals surface area contributed by atoms with E-state index in [0.29, 0.717) is 13.1 Å². The van der Waals surface area contributed by atoms with Crippen molar-refractivity contribution in [2.75, 3.05) is 13.1 Å². The van der Waals surface area contributed by atoms with Gasteiger partial charge < -0.3 is 15.6 Å². The summed E-state index contributed by atoms with van der Waals surface area (Å²) < 4.78 is 0. The van der Waals surface area contributed by atoms with Gasteiger partial charge in [0.05, 0.1) is 5.25 Å². The summed E-state index contributed by atoms with van der Waals surface area (Å²) in [5.74, 6) is 0.758. The number of amides is 2. The van der Waals surface area contributed by atoms with E-state index in [-0.39, 0.29) is 11.3 Å². The van der Waals surface area contributed by atoms with Crippen LogP contribution >= 0.6 is 12.6 Å². The van der Waals surface area contributed by atoms with E-state index in [4.69, 9.17) is 0 Å². The molecule has 1 heterocycles. The summed E-state index contributed by atoms with van der Waals surface area (Å²) in [4.78, 5) is 18.2. The molecule has 5 nitrogen and oxygen atoms in total. The van der Waals surface area contributed by atoms with Crippen LogP contribution in [-0.4, -0.2) is 29.1 Å². The fourth-order valence-electron chi connectivity index (χ4n) is 1.05. The van der Waals surface area contributed by atoms with Gasteiger partial charge in [-0.3, -0.25) is 0 Å². The summed E-state index contributed by atoms with van der Waals surface area (Å²) in [7, 11) is 0. The fourth-order valence-corrected chi connectivity index (χ4v) is 1.28. The Balaban J connectivity index is 2.22. The molecule has 0 spiro atoms. The van der Waals surface area contributed by atoms with Gasteiger partial charge >= 0.3 is 6.03 Å². The van der Waals surface area contributed by atoms with Crippen molar-refractivity contribution in [3.05, 3.63) is 18.2 Å². The van der Waals surface area contributed by atoms with Crippen LogP contribution in [-0.2, 0) is 0 Å². The standard InChI is InChI=1S/C9H16N4OS/c1-2-3-12-9(14)13-6-7(15)8-10-4-5-11-8/h4-5,7,15H,2-3,6H2,1H3,(H,10,11)(H2,12,13,14). The summed E-state index contributed by atoms with van der Waals surface area (Å²) >= 11 is 4.32. The van der Waals surface area contributed by atoms with E-state index in [1.54, 1.807) is 12.4 Å². The lowest BCUT2D eigenvalue weighted by molar-refractivity contribution is 0.241. The van der Waals surface area contributed by atoms with Gasteiger partial charge in [0.15, 0.2) is 0 Å². The van der Waals surface area contributed by atoms with E-state index in [1.165, 1.54) is 0 Å². The second kappa shape index (κ2) is 6.34. The summed E-state index contributed by atoms with van der Waals surface area (Å²) in [6.07, 6.45) is 4.32. The van der Waals surface area contributed by atoms with Gasteiger partial charge in [-0.25, -0.2) is 9.78 Å². The summed E-state index contributed by atoms with van der Waals surface area (Å²) in [6, 6.07) is -0.164. The Bertz CT molecular complexity index is 288. The van der Waals surface area contributed by atoms with Crippen molar-refractivity contribution >= 4 is 18.7 Å². The lowest BCUT2D eigenvalue weighted by atomic mass is 10.4. The predicted octanol–water partition coefficient (Wildman–Crippen LogP) is 1.09. The van der Waals surface area contributed by atoms with Crippen LogP contribution in [0, 0.1) is 0 Å². The second-order valence-corrected chi connectivity index (χ2v) is 3.75. The Morgan fingerprint density at radius 3 is 3.07 bits per heavy atom. The van der Waals surface area contributed by atoms with Crippen molar-refractivity contribution in [1.29, 1.82) is 0 Å². The van der Waals surface area contributed by atoms with Gasteiger partial charge in [0, 0.05) is 25.5 Å². The smallest absolute Gasteiger partial charge is 0.314 e. The van der Waals surface area contributed by atoms with E-state index in [0.717, 1.165) is 12.2 Å². The third-order valence-electron chi connectivity index (χ3n) is 1.83. The molecule has 15 heavy (non-hydrogen) atoms. The monoisotopic (exact) mass is 228 g/mol. The van der Waals surface area contributed by atoms with Gasteiger partial charge in [0.1, 0.15) is 5.82 Å². The normalized spacial score (nSPS) is 12.1. The molecule has 84 valence electrons. The molecule has 0 radical (unpaired) electrons. The Morgan fingerprint density at radius 1 is 1.67 bits per heavy atom. The van der Waals surface area contributed by atoms with Gasteiger partial charge in [-0.2, -0.15) is 12.6 Å². The second-order valence-electron chi connectivity index (χ2n) is 3.13. The average molecular weight is 228 g/mol. The number of urea groups is 1. The van der Waals surface area contributed by atoms with Crippen LogP contribution < -0.4 is 10.6 Å². The van der Waals surface area contributed by atoms with E-state index in [9.17, 15) is 4.79 Å². The predicted molar refractivity (Wildman–Crippen MR) is 62.0 cm³/mol. The van der Waals surface area contributed by atoms with Crippen molar-refractivity contribution < 1.29 is 4.79 Å². The van der Waals surface area contributed by atoms with Crippen molar-refractivity contribution in [2.45, 2.75) is 18.6 Å². The van der Waals surface area contributed by atoms with E-state index in [2.05, 4.69) is 33.2 Å². The highest BCUT2D eigenvalue weighted by Gasteiger charge is 2.09. The molecule has 1 unspecified atom stereocenters. The number of aromatic amines is 1. The SMILES string of the molecule is CCCNC(=O)NCC(S)c1ncc[nH]1. The molecule has 0 bridgehead atoms. The van der Waals surface area contributed by atoms with E-state index in [1.807, 2.05) is 6.92 Å². The van der Waals surface area contributed by atoms with Crippen molar-refractivity contribution in [2.24, 2.45) is 0 Å². The highest BCUT2D eigenvalue weighted by molar-refractivity contribution is 7.80. The van der Waals surface area contributed by atoms with Crippen LogP contribution in [0.15, 0.2) is 12.4 Å². The molecule has 2 amide bonds. The lowest BCUT2D eigenvalue weighted by Crippen LogP contribution is -2.37. The third-order valence-corrected chi connectivity index (χ3v) is 2.25. The number of carbonyl (C=O) groups excluding carboxylic acids is 1. The molecule has 0 saturated heterocycles. The van der Waals surface area contributed by atoms with Gasteiger partial charge in [-0.05, 0) is 6.42 Å². The number of imidazole rings is 1. The zero-order chi connectivity index (χ0) is 11.1. The number of nitrogens with one attached hydrogen (secondary N) is 3. The Labute approximate surface area is 94.5 Å². The minimum Gasteiger partial charge on any atom is -0.348 e. The third kappa shape index (κ3) is 4.24. The molecule has 0 aliphatic carbocycles. The molecule has 0 aliphatic rings. The maximum atomic E-state index is 11.2. The Kier molecular flexibility index (Phi) is 5.03. The van der Waals surface area contributed by atoms with Crippen LogP contribution in [0.3, 0.4) is 0 Å². The Morgan fingerprint density at radius 2 is 2.47 bits per heavy atom. The first-order chi connectivity index (χ1) is 7.24. The number of aromatic nitrogens is 2. The van der Waals surface area contributed by atoms with Crippen molar-refractivity contribution in [1.82, 2.24) is 20.6 Å². The summed E-state index contributed by atoms with van der Waals surface area (Å²) in [6.45, 7) is 3.14. The van der Waals surface area contributed by atoms with E-state index < -0.39 is 0 Å². The van der Waals surface area contributed by atoms with Crippen LogP contribution in [0.1, 0.15) is 24.4 Å². The molecule has 0 aromatic carbocycles. The molecule has 1 atom stereocenters. The molecule has 0 saturated carbocycles. The lowest BCUT2D eigenvalue weighted by Gasteiger charge is -2.10. The maximum absolute atomic E-state index is 11.2. The van der Waals surface area contributed by atoms with Gasteiger partial charge in [-0.15, -0.1) is 0 Å². The van der Waals surface area contributed by atoms with E-state index >= 15 is 0 Å². The average Bonchev–Trinajstić information content (AvgIpc) is 2.76. The Hall–Kier alpha value is -1.17. The van der Waals surface area contributed by atoms with Gasteiger partial charge in [0.25, 0.3) is 0 Å². The minimum atomic E-state index is -0.164. The number of thiol groups is 1. The molecule has 1 aromatic rings. The zero-order valence-corrected chi connectivity index (χ0v) is 9.55. The number of rotatable bonds is 5. The molecule has 1 rings (SSSR count). The first kappa shape index (κ1) is 11.9. The largest absolute Gasteiger partial charge is 0.348 e. The molecule has 0 aliphatic heterocycles. The molecule has 0 fully saturated rings. The number of nitrogens with zero attached hydrogens (tertiary/aromatic N) is 1. The highest BCUT2D eigenvalue weighted by atomic mass is 32.1. The number of hydrogen-bond donors (Lipinski definition) is 4. The van der Waals surface area contributed by atoms with Crippen LogP contribution in [0.2, 0.25) is 0 Å².